The summed E-state index contributed by atoms with van der Waals surface area (Å²) in [5, 5.41) is 3.82. The zero-order chi connectivity index (χ0) is 27.1. The predicted molar refractivity (Wildman–Crippen MR) is 146 cm³/mol. The van der Waals surface area contributed by atoms with Gasteiger partial charge in [-0.15, -0.1) is 0 Å². The molecule has 8 heteroatoms. The predicted octanol–water partition coefficient (Wildman–Crippen LogP) is 5.01. The molecule has 0 atom stereocenters. The standard InChI is InChI=1S/C30H30N4O4/c1-4-37-21(3)34(29(35)27(20(2)31)18-22-10-6-5-7-11-22)19-23-14-16-24(17-15-23)25-12-8-9-13-26(25)28-32-30(36)38-33-28/h5-17H,3-4,18-19,31H2,1-2H3,(H,32,33,36)/b27-20-. The van der Waals surface area contributed by atoms with Gasteiger partial charge in [-0.05, 0) is 42.7 Å². The number of carbonyl (C=O) groups is 1. The van der Waals surface area contributed by atoms with Crippen molar-refractivity contribution in [2.24, 2.45) is 5.73 Å². The van der Waals surface area contributed by atoms with Crippen molar-refractivity contribution in [3.63, 3.8) is 0 Å². The summed E-state index contributed by atoms with van der Waals surface area (Å²) in [6.07, 6.45) is 0.401. The van der Waals surface area contributed by atoms with Crippen molar-refractivity contribution < 1.29 is 14.1 Å². The van der Waals surface area contributed by atoms with E-state index >= 15 is 0 Å². The molecule has 0 spiro atoms. The quantitative estimate of drug-likeness (QED) is 0.229. The Kier molecular flexibility index (Phi) is 8.23. The van der Waals surface area contributed by atoms with Crippen LogP contribution < -0.4 is 11.5 Å². The van der Waals surface area contributed by atoms with Crippen molar-refractivity contribution in [1.82, 2.24) is 15.0 Å². The minimum absolute atomic E-state index is 0.252. The van der Waals surface area contributed by atoms with E-state index in [0.717, 1.165) is 27.8 Å². The second-order valence-electron chi connectivity index (χ2n) is 8.73. The number of aromatic amines is 1. The van der Waals surface area contributed by atoms with Gasteiger partial charge in [0.25, 0.3) is 5.91 Å². The van der Waals surface area contributed by atoms with Gasteiger partial charge >= 0.3 is 5.76 Å². The largest absolute Gasteiger partial charge is 0.479 e. The van der Waals surface area contributed by atoms with Crippen LogP contribution in [0.3, 0.4) is 0 Å². The third-order valence-corrected chi connectivity index (χ3v) is 6.04. The van der Waals surface area contributed by atoms with Gasteiger partial charge in [-0.3, -0.25) is 19.2 Å². The first-order valence-electron chi connectivity index (χ1n) is 12.2. The molecule has 0 unspecified atom stereocenters. The average Bonchev–Trinajstić information content (AvgIpc) is 3.37. The molecule has 1 aromatic heterocycles. The number of hydrogen-bond donors (Lipinski definition) is 2. The number of ether oxygens (including phenoxy) is 1. The molecular weight excluding hydrogens is 480 g/mol. The minimum Gasteiger partial charge on any atom is -0.479 e. The summed E-state index contributed by atoms with van der Waals surface area (Å²) in [5.74, 6) is -0.252. The van der Waals surface area contributed by atoms with E-state index in [9.17, 15) is 9.59 Å². The van der Waals surface area contributed by atoms with E-state index < -0.39 is 5.76 Å². The second kappa shape index (κ2) is 11.9. The first-order valence-corrected chi connectivity index (χ1v) is 12.2. The van der Waals surface area contributed by atoms with E-state index in [1.807, 2.05) is 85.8 Å². The Morgan fingerprint density at radius 2 is 1.66 bits per heavy atom. The molecule has 0 aliphatic carbocycles. The number of allylic oxidation sites excluding steroid dienone is 1. The smallest absolute Gasteiger partial charge is 0.439 e. The van der Waals surface area contributed by atoms with E-state index in [2.05, 4.69) is 21.2 Å². The van der Waals surface area contributed by atoms with Gasteiger partial charge in [-0.1, -0.05) is 84.0 Å². The van der Waals surface area contributed by atoms with Crippen LogP contribution in [0.1, 0.15) is 25.0 Å². The van der Waals surface area contributed by atoms with E-state index in [-0.39, 0.29) is 18.3 Å². The van der Waals surface area contributed by atoms with Gasteiger partial charge in [0.15, 0.2) is 11.7 Å². The molecule has 0 aliphatic heterocycles. The Morgan fingerprint density at radius 3 is 2.26 bits per heavy atom. The van der Waals surface area contributed by atoms with Crippen LogP contribution in [-0.2, 0) is 22.5 Å². The Bertz CT molecular complexity index is 1500. The Morgan fingerprint density at radius 1 is 1.00 bits per heavy atom. The normalized spacial score (nSPS) is 11.5. The van der Waals surface area contributed by atoms with Crippen molar-refractivity contribution in [3.8, 4) is 22.5 Å². The van der Waals surface area contributed by atoms with Crippen molar-refractivity contribution in [2.75, 3.05) is 6.61 Å². The molecule has 1 amide bonds. The molecule has 3 aromatic carbocycles. The van der Waals surface area contributed by atoms with Crippen LogP contribution in [0.4, 0.5) is 0 Å². The fourth-order valence-electron chi connectivity index (χ4n) is 4.12. The molecule has 8 nitrogen and oxygen atoms in total. The monoisotopic (exact) mass is 510 g/mol. The molecule has 0 saturated carbocycles. The van der Waals surface area contributed by atoms with Crippen molar-refractivity contribution in [2.45, 2.75) is 26.8 Å². The third-order valence-electron chi connectivity index (χ3n) is 6.04. The summed E-state index contributed by atoms with van der Waals surface area (Å²) >= 11 is 0. The number of rotatable bonds is 10. The van der Waals surface area contributed by atoms with E-state index in [4.69, 9.17) is 10.5 Å². The first kappa shape index (κ1) is 26.2. The molecule has 4 aromatic rings. The molecule has 38 heavy (non-hydrogen) atoms. The van der Waals surface area contributed by atoms with Gasteiger partial charge in [0.1, 0.15) is 0 Å². The highest BCUT2D eigenvalue weighted by Gasteiger charge is 2.24. The molecule has 0 saturated heterocycles. The molecule has 4 rings (SSSR count). The molecule has 3 N–H and O–H groups in total. The number of nitrogens with one attached hydrogen (secondary N) is 1. The molecule has 0 bridgehead atoms. The number of benzene rings is 3. The fraction of sp³-hybridized carbons (Fsp3) is 0.167. The SMILES string of the molecule is C=C(OCC)N(Cc1ccc(-c2ccccc2-c2noc(=O)[nH]2)cc1)C(=O)/C(Cc1ccccc1)=C(/C)N. The molecule has 194 valence electrons. The maximum atomic E-state index is 13.7. The van der Waals surface area contributed by atoms with Gasteiger partial charge in [0.2, 0.25) is 0 Å². The Balaban J connectivity index is 1.60. The zero-order valence-electron chi connectivity index (χ0n) is 21.4. The maximum absolute atomic E-state index is 13.7. The number of amides is 1. The maximum Gasteiger partial charge on any atom is 0.439 e. The molecule has 0 fully saturated rings. The molecule has 1 heterocycles. The Labute approximate surface area is 221 Å². The van der Waals surface area contributed by atoms with Gasteiger partial charge < -0.3 is 10.5 Å². The zero-order valence-corrected chi connectivity index (χ0v) is 21.4. The minimum atomic E-state index is -0.613. The number of H-pyrrole nitrogens is 1. The van der Waals surface area contributed by atoms with Gasteiger partial charge in [-0.25, -0.2) is 4.79 Å². The average molecular weight is 511 g/mol. The lowest BCUT2D eigenvalue weighted by atomic mass is 9.98. The summed E-state index contributed by atoms with van der Waals surface area (Å²) in [7, 11) is 0. The molecular formula is C30H30N4O4. The number of aromatic nitrogens is 2. The van der Waals surface area contributed by atoms with Crippen LogP contribution in [-0.4, -0.2) is 27.6 Å². The number of nitrogens with two attached hydrogens (primary N) is 1. The highest BCUT2D eigenvalue weighted by atomic mass is 16.5. The van der Waals surface area contributed by atoms with Crippen molar-refractivity contribution in [3.05, 3.63) is 124 Å². The Hall–Kier alpha value is -4.85. The van der Waals surface area contributed by atoms with Gasteiger partial charge in [0.05, 0.1) is 13.2 Å². The second-order valence-corrected chi connectivity index (χ2v) is 8.73. The topological polar surface area (TPSA) is 114 Å². The summed E-state index contributed by atoms with van der Waals surface area (Å²) in [6.45, 7) is 8.20. The van der Waals surface area contributed by atoms with Crippen molar-refractivity contribution in [1.29, 1.82) is 0 Å². The highest BCUT2D eigenvalue weighted by Crippen LogP contribution is 2.30. The summed E-state index contributed by atoms with van der Waals surface area (Å²) in [4.78, 5) is 29.3. The molecule has 0 aliphatic rings. The molecule has 0 radical (unpaired) electrons. The van der Waals surface area contributed by atoms with Gasteiger partial charge in [-0.2, -0.15) is 0 Å². The lowest BCUT2D eigenvalue weighted by Crippen LogP contribution is -2.33. The number of carbonyl (C=O) groups excluding carboxylic acids is 1. The first-order chi connectivity index (χ1) is 18.4. The van der Waals surface area contributed by atoms with Crippen LogP contribution in [0.2, 0.25) is 0 Å². The van der Waals surface area contributed by atoms with Crippen LogP contribution >= 0.6 is 0 Å². The third kappa shape index (κ3) is 6.10. The summed E-state index contributed by atoms with van der Waals surface area (Å²) in [5.41, 5.74) is 11.5. The fourth-order valence-corrected chi connectivity index (χ4v) is 4.12. The number of hydrogen-bond acceptors (Lipinski definition) is 6. The lowest BCUT2D eigenvalue weighted by molar-refractivity contribution is -0.128. The summed E-state index contributed by atoms with van der Waals surface area (Å²) < 4.78 is 10.3. The number of nitrogens with zero attached hydrogens (tertiary/aromatic N) is 2. The van der Waals surface area contributed by atoms with Crippen LogP contribution in [0.5, 0.6) is 0 Å². The lowest BCUT2D eigenvalue weighted by Gasteiger charge is -2.26. The summed E-state index contributed by atoms with van der Waals surface area (Å²) in [6, 6.07) is 25.1. The van der Waals surface area contributed by atoms with Gasteiger partial charge in [0, 0.05) is 23.3 Å². The van der Waals surface area contributed by atoms with Crippen LogP contribution in [0.15, 0.2) is 112 Å². The van der Waals surface area contributed by atoms with E-state index in [1.54, 1.807) is 6.92 Å². The van der Waals surface area contributed by atoms with E-state index in [1.165, 1.54) is 4.90 Å². The van der Waals surface area contributed by atoms with Crippen molar-refractivity contribution >= 4 is 5.91 Å². The van der Waals surface area contributed by atoms with Crippen LogP contribution in [0, 0.1) is 0 Å². The van der Waals surface area contributed by atoms with E-state index in [0.29, 0.717) is 30.1 Å². The van der Waals surface area contributed by atoms with Crippen LogP contribution in [0.25, 0.3) is 22.5 Å². The highest BCUT2D eigenvalue weighted by molar-refractivity contribution is 5.95.